The first-order valence-electron chi connectivity index (χ1n) is 32.9. The number of aryl methyl sites for hydroxylation is 3. The molecule has 100 heavy (non-hydrogen) atoms. The first-order chi connectivity index (χ1) is 47.6. The molecule has 15 N–H and O–H groups in total. The molecule has 522 valence electrons. The predicted octanol–water partition coefficient (Wildman–Crippen LogP) is 15.5. The molecule has 25 nitrogen and oxygen atoms in total. The van der Waals surface area contributed by atoms with Gasteiger partial charge in [0.15, 0.2) is 17.1 Å². The molecular weight excluding hydrogens is 1310 g/mol. The highest BCUT2D eigenvalue weighted by molar-refractivity contribution is 7.18. The fraction of sp³-hybridized carbons (Fsp3) is 0.333. The minimum atomic E-state index is 0.326. The minimum Gasteiger partial charge on any atom is -0.383 e. The van der Waals surface area contributed by atoms with Crippen LogP contribution in [0.3, 0.4) is 0 Å². The quantitative estimate of drug-likeness (QED) is 0.0700. The minimum absolute atomic E-state index is 0.326. The van der Waals surface area contributed by atoms with Crippen LogP contribution in [0, 0.1) is 0 Å². The molecule has 14 aromatic heterocycles. The SMILES string of the molecule is CC(C)c1[nH]nc2ncnc(N)c12.CC(C)c1cccc2c1c(N)nn2C.CC(C)c1cn(C)c2ncnc(N)c12.CC(C)c1csc2c(-c3cccnc3)cnc(N)c12.CC(C)c1csc2ccnc(N)c12.CC(C)c1csc2ncnc(N)c12.CC(C)c1nn(C)c2ncnc(N)c12. The van der Waals surface area contributed by atoms with Crippen molar-refractivity contribution >= 4 is 149 Å². The summed E-state index contributed by atoms with van der Waals surface area (Å²) in [5, 5.41) is 29.1. The molecule has 0 fully saturated rings. The van der Waals surface area contributed by atoms with Crippen LogP contribution in [0.15, 0.2) is 109 Å². The Morgan fingerprint density at radius 3 is 1.60 bits per heavy atom. The summed E-state index contributed by atoms with van der Waals surface area (Å²) in [6, 6.07) is 12.2. The average molecular weight is 1400 g/mol. The van der Waals surface area contributed by atoms with Crippen LogP contribution in [0.2, 0.25) is 0 Å². The number of thiophene rings is 3. The van der Waals surface area contributed by atoms with E-state index in [1.54, 1.807) is 51.1 Å². The number of benzene rings is 1. The van der Waals surface area contributed by atoms with Crippen LogP contribution >= 0.6 is 34.0 Å². The van der Waals surface area contributed by atoms with Crippen molar-refractivity contribution in [2.45, 2.75) is 138 Å². The molecule has 0 aliphatic rings. The van der Waals surface area contributed by atoms with Gasteiger partial charge in [0, 0.05) is 88.8 Å². The Bertz CT molecular complexity index is 4940. The molecule has 0 saturated heterocycles. The van der Waals surface area contributed by atoms with E-state index in [-0.39, 0.29) is 0 Å². The molecule has 1 aromatic carbocycles. The van der Waals surface area contributed by atoms with E-state index in [2.05, 4.69) is 213 Å². The molecule has 0 spiro atoms. The topological polar surface area (TPSA) is 393 Å². The Kier molecular flexibility index (Phi) is 23.5. The molecule has 0 radical (unpaired) electrons. The highest BCUT2D eigenvalue weighted by Crippen LogP contribution is 2.41. The number of nitrogens with one attached hydrogen (secondary N) is 1. The van der Waals surface area contributed by atoms with E-state index < -0.39 is 0 Å². The zero-order valence-corrected chi connectivity index (χ0v) is 62.3. The van der Waals surface area contributed by atoms with E-state index in [1.807, 2.05) is 61.0 Å². The number of rotatable bonds is 8. The maximum atomic E-state index is 6.07. The van der Waals surface area contributed by atoms with Gasteiger partial charge in [0.05, 0.1) is 38.4 Å². The molecular formula is C72H91N25S3. The standard InChI is InChI=1S/C15H15N3S.C11H15N3.C10H14N4.C10H12N2S.C9H13N5.C9H11N3S.C8H11N5/c1-9(2)12-8-19-14-11(7-18-15(16)13(12)14)10-4-3-5-17-6-10;1-7(2)8-5-4-6-9-10(8)11(12)13-14(9)3;1-6(2)7-4-14(3)10-8(7)9(11)12-5-13-10;1-6(2)7-5-13-8-3-4-12-10(11)9(7)8;1-5(2)7-6-8(10)11-4-12-9(6)14(3)13-7;1-5(2)6-3-13-9-7(6)8(10)11-4-12-9;1-4(2)6-5-7(9)10-3-11-8(5)13-12-6/h3-9H,1-2H3,(H2,16,18);4-7H,1-3H3,(H2,12,13);4-6H,1-3H3,(H2,11,12,13);3-6H,1-2H3,(H2,11,12);4-5H,1-3H3,(H2,10,11,12);3-5H,1-2H3,(H2,10,11,12);3-4H,1-2H3,(H3,9,10,11,12,13). The number of aromatic amines is 1. The summed E-state index contributed by atoms with van der Waals surface area (Å²) >= 11 is 5.09. The van der Waals surface area contributed by atoms with Gasteiger partial charge in [-0.2, -0.15) is 15.3 Å². The number of hydrogen-bond acceptors (Lipinski definition) is 24. The third kappa shape index (κ3) is 15.9. The highest BCUT2D eigenvalue weighted by Gasteiger charge is 2.20. The molecule has 0 aliphatic carbocycles. The van der Waals surface area contributed by atoms with Crippen LogP contribution in [-0.4, -0.2) is 89.1 Å². The van der Waals surface area contributed by atoms with Gasteiger partial charge in [0.1, 0.15) is 70.7 Å². The van der Waals surface area contributed by atoms with E-state index >= 15 is 0 Å². The molecule has 0 atom stereocenters. The maximum Gasteiger partial charge on any atom is 0.186 e. The van der Waals surface area contributed by atoms with E-state index in [0.29, 0.717) is 87.8 Å². The number of hydrogen-bond donors (Lipinski definition) is 8. The Balaban J connectivity index is 0.000000137. The zero-order chi connectivity index (χ0) is 72.5. The van der Waals surface area contributed by atoms with Gasteiger partial charge in [-0.25, -0.2) is 49.8 Å². The monoisotopic (exact) mass is 1400 g/mol. The summed E-state index contributed by atoms with van der Waals surface area (Å²) in [5.74, 6) is 7.08. The second-order valence-corrected chi connectivity index (χ2v) is 28.8. The Morgan fingerprint density at radius 1 is 0.410 bits per heavy atom. The second kappa shape index (κ2) is 32.0. The number of aromatic nitrogens is 18. The predicted molar refractivity (Wildman–Crippen MR) is 417 cm³/mol. The lowest BCUT2D eigenvalue weighted by atomic mass is 9.99. The summed E-state index contributed by atoms with van der Waals surface area (Å²) in [7, 11) is 5.75. The van der Waals surface area contributed by atoms with Crippen molar-refractivity contribution in [3.63, 3.8) is 0 Å². The van der Waals surface area contributed by atoms with E-state index in [9.17, 15) is 0 Å². The molecule has 14 heterocycles. The Hall–Kier alpha value is -10.6. The van der Waals surface area contributed by atoms with Crippen molar-refractivity contribution in [3.05, 3.63) is 148 Å². The van der Waals surface area contributed by atoms with Gasteiger partial charge in [-0.15, -0.1) is 34.0 Å². The van der Waals surface area contributed by atoms with Gasteiger partial charge in [0.2, 0.25) is 0 Å². The van der Waals surface area contributed by atoms with Crippen LogP contribution in [0.5, 0.6) is 0 Å². The molecule has 0 saturated carbocycles. The number of pyridine rings is 3. The fourth-order valence-electron chi connectivity index (χ4n) is 11.5. The molecule has 0 bridgehead atoms. The normalized spacial score (nSPS) is 11.4. The first kappa shape index (κ1) is 73.7. The molecule has 15 rings (SSSR count). The van der Waals surface area contributed by atoms with Gasteiger partial charge < -0.3 is 44.7 Å². The van der Waals surface area contributed by atoms with Crippen molar-refractivity contribution in [2.24, 2.45) is 21.1 Å². The lowest BCUT2D eigenvalue weighted by Gasteiger charge is -2.07. The Labute approximate surface area is 593 Å². The van der Waals surface area contributed by atoms with E-state index in [4.69, 9.17) is 40.1 Å². The molecule has 0 unspecified atom stereocenters. The smallest absolute Gasteiger partial charge is 0.186 e. The van der Waals surface area contributed by atoms with E-state index in [0.717, 1.165) is 81.9 Å². The third-order valence-corrected chi connectivity index (χ3v) is 19.6. The lowest BCUT2D eigenvalue weighted by Crippen LogP contribution is -1.95. The van der Waals surface area contributed by atoms with Gasteiger partial charge in [-0.3, -0.25) is 19.4 Å². The van der Waals surface area contributed by atoms with Gasteiger partial charge in [0.25, 0.3) is 0 Å². The van der Waals surface area contributed by atoms with Crippen LogP contribution in [0.1, 0.15) is 178 Å². The number of nitrogens with two attached hydrogens (primary N) is 7. The second-order valence-electron chi connectivity index (χ2n) is 26.1. The van der Waals surface area contributed by atoms with Crippen molar-refractivity contribution in [3.8, 4) is 11.1 Å². The summed E-state index contributed by atoms with van der Waals surface area (Å²) in [5.41, 5.74) is 54.8. The van der Waals surface area contributed by atoms with Crippen LogP contribution in [-0.2, 0) is 21.1 Å². The summed E-state index contributed by atoms with van der Waals surface area (Å²) < 4.78 is 7.99. The van der Waals surface area contributed by atoms with Crippen LogP contribution in [0.4, 0.5) is 40.7 Å². The zero-order valence-electron chi connectivity index (χ0n) is 59.8. The fourth-order valence-corrected chi connectivity index (χ4v) is 14.9. The van der Waals surface area contributed by atoms with Gasteiger partial charge in [-0.05, 0) is 104 Å². The van der Waals surface area contributed by atoms with Crippen LogP contribution < -0.4 is 40.1 Å². The first-order valence-corrected chi connectivity index (χ1v) is 35.5. The van der Waals surface area contributed by atoms with Crippen molar-refractivity contribution < 1.29 is 0 Å². The lowest BCUT2D eigenvalue weighted by molar-refractivity contribution is 0.724. The van der Waals surface area contributed by atoms with Gasteiger partial charge in [-0.1, -0.05) is 115 Å². The van der Waals surface area contributed by atoms with Crippen molar-refractivity contribution in [2.75, 3.05) is 40.1 Å². The number of nitrogens with zero attached hydrogens (tertiary/aromatic N) is 17. The molecule has 0 amide bonds. The van der Waals surface area contributed by atoms with Crippen molar-refractivity contribution in [1.29, 1.82) is 0 Å². The number of anilines is 7. The summed E-state index contributed by atoms with van der Waals surface area (Å²) in [4.78, 5) is 46.1. The maximum absolute atomic E-state index is 6.07. The van der Waals surface area contributed by atoms with Crippen LogP contribution in [0.25, 0.3) is 85.5 Å². The molecule has 0 aliphatic heterocycles. The summed E-state index contributed by atoms with van der Waals surface area (Å²) in [6.07, 6.45) is 15.2. The number of H-pyrrole nitrogens is 1. The highest BCUT2D eigenvalue weighted by atomic mass is 32.1. The number of nitrogen functional groups attached to an aromatic ring is 7. The van der Waals surface area contributed by atoms with Crippen molar-refractivity contribution in [1.82, 2.24) is 89.1 Å². The molecule has 15 aromatic rings. The average Bonchev–Trinajstić information content (AvgIpc) is 1.66. The van der Waals surface area contributed by atoms with E-state index in [1.165, 1.54) is 62.5 Å². The summed E-state index contributed by atoms with van der Waals surface area (Å²) in [6.45, 7) is 29.9. The molecule has 28 heteroatoms. The third-order valence-electron chi connectivity index (χ3n) is 16.7. The Morgan fingerprint density at radius 2 is 0.970 bits per heavy atom. The largest absolute Gasteiger partial charge is 0.383 e. The van der Waals surface area contributed by atoms with Gasteiger partial charge >= 0.3 is 0 Å². The number of fused-ring (bicyclic) bond motifs is 7.